The Hall–Kier alpha value is -3.39. The highest BCUT2D eigenvalue weighted by molar-refractivity contribution is 5.99. The van der Waals surface area contributed by atoms with Gasteiger partial charge in [-0.2, -0.15) is 0 Å². The molecule has 2 aromatic carbocycles. The van der Waals surface area contributed by atoms with Gasteiger partial charge in [0.25, 0.3) is 5.91 Å². The minimum atomic E-state index is -0.402. The fraction of sp³-hybridized carbons (Fsp3) is 0.429. The molecule has 1 saturated carbocycles. The van der Waals surface area contributed by atoms with Crippen molar-refractivity contribution in [3.05, 3.63) is 76.4 Å². The maximum absolute atomic E-state index is 14.1. The second kappa shape index (κ2) is 9.24. The zero-order valence-corrected chi connectivity index (χ0v) is 21.6. The zero-order valence-electron chi connectivity index (χ0n) is 21.6. The molecule has 0 radical (unpaired) electrons. The summed E-state index contributed by atoms with van der Waals surface area (Å²) in [6.45, 7) is 4.08. The minimum Gasteiger partial charge on any atom is -0.494 e. The Balaban J connectivity index is 1.57. The number of imidazole rings is 1. The summed E-state index contributed by atoms with van der Waals surface area (Å²) in [6.07, 6.45) is 5.84. The first-order chi connectivity index (χ1) is 17.3. The molecule has 2 heterocycles. The van der Waals surface area contributed by atoms with E-state index in [-0.39, 0.29) is 23.1 Å². The van der Waals surface area contributed by atoms with Crippen molar-refractivity contribution in [2.24, 2.45) is 0 Å². The molecule has 2 aliphatic rings. The number of hydrogen-bond donors (Lipinski definition) is 1. The summed E-state index contributed by atoms with van der Waals surface area (Å²) < 4.78 is 21.3. The largest absolute Gasteiger partial charge is 0.494 e. The summed E-state index contributed by atoms with van der Waals surface area (Å²) >= 11 is 0. The van der Waals surface area contributed by atoms with E-state index >= 15 is 0 Å². The lowest BCUT2D eigenvalue weighted by Crippen LogP contribution is -2.45. The van der Waals surface area contributed by atoms with Gasteiger partial charge in [-0.25, -0.2) is 9.37 Å². The Morgan fingerprint density at radius 2 is 2.03 bits per heavy atom. The van der Waals surface area contributed by atoms with Crippen LogP contribution in [0.2, 0.25) is 0 Å². The smallest absolute Gasteiger partial charge is 0.254 e. The Kier molecular flexibility index (Phi) is 6.24. The zero-order chi connectivity index (χ0) is 25.6. The molecule has 7 nitrogen and oxygen atoms in total. The first kappa shape index (κ1) is 24.3. The summed E-state index contributed by atoms with van der Waals surface area (Å²) in [5.74, 6) is 0.606. The van der Waals surface area contributed by atoms with Crippen LogP contribution in [-0.4, -0.2) is 60.1 Å². The van der Waals surface area contributed by atoms with E-state index in [9.17, 15) is 9.18 Å². The number of carbonyl (C=O) groups excluding carboxylic acids is 1. The number of fused-ring (bicyclic) bond motifs is 2. The highest BCUT2D eigenvalue weighted by atomic mass is 19.1. The monoisotopic (exact) mass is 491 g/mol. The number of ether oxygens (including phenoxy) is 1. The minimum absolute atomic E-state index is 0.0172. The van der Waals surface area contributed by atoms with Crippen LogP contribution in [0.25, 0.3) is 0 Å². The topological polar surface area (TPSA) is 62.6 Å². The third-order valence-electron chi connectivity index (χ3n) is 7.53. The number of carbonyl (C=O) groups is 1. The van der Waals surface area contributed by atoms with Crippen LogP contribution < -0.4 is 10.1 Å². The number of hydrogen-bond acceptors (Lipinski definition) is 5. The number of amides is 1. The highest BCUT2D eigenvalue weighted by Crippen LogP contribution is 2.55. The van der Waals surface area contributed by atoms with Crippen LogP contribution in [-0.2, 0) is 18.5 Å². The lowest BCUT2D eigenvalue weighted by molar-refractivity contribution is 0.0637. The molecule has 3 aromatic rings. The van der Waals surface area contributed by atoms with Gasteiger partial charge in [-0.15, -0.1) is 0 Å². The van der Waals surface area contributed by atoms with Gasteiger partial charge in [0.05, 0.1) is 19.7 Å². The van der Waals surface area contributed by atoms with Crippen molar-refractivity contribution in [1.82, 2.24) is 19.4 Å². The van der Waals surface area contributed by atoms with E-state index in [0.29, 0.717) is 13.1 Å². The van der Waals surface area contributed by atoms with Gasteiger partial charge in [0.1, 0.15) is 0 Å². The van der Waals surface area contributed by atoms with E-state index < -0.39 is 5.82 Å². The summed E-state index contributed by atoms with van der Waals surface area (Å²) in [7, 11) is 7.44. The molecule has 1 aromatic heterocycles. The summed E-state index contributed by atoms with van der Waals surface area (Å²) in [5.41, 5.74) is 5.14. The highest BCUT2D eigenvalue weighted by Gasteiger charge is 2.53. The first-order valence-corrected chi connectivity index (χ1v) is 12.4. The molecule has 1 aliphatic heterocycles. The fourth-order valence-corrected chi connectivity index (χ4v) is 5.60. The second-order valence-electron chi connectivity index (χ2n) is 10.3. The molecular formula is C28H34FN5O2. The number of methoxy groups -OCH3 is 1. The molecule has 0 bridgehead atoms. The van der Waals surface area contributed by atoms with Crippen LogP contribution in [0.5, 0.6) is 5.75 Å². The molecule has 5 rings (SSSR count). The lowest BCUT2D eigenvalue weighted by Gasteiger charge is -2.40. The van der Waals surface area contributed by atoms with Crippen molar-refractivity contribution >= 4 is 11.9 Å². The van der Waals surface area contributed by atoms with Gasteiger partial charge in [0.2, 0.25) is 5.95 Å². The van der Waals surface area contributed by atoms with Gasteiger partial charge in [0.15, 0.2) is 11.6 Å². The summed E-state index contributed by atoms with van der Waals surface area (Å²) in [6, 6.07) is 8.99. The van der Waals surface area contributed by atoms with Crippen molar-refractivity contribution in [3.8, 4) is 5.75 Å². The number of halogens is 1. The molecule has 1 N–H and O–H groups in total. The van der Waals surface area contributed by atoms with Crippen molar-refractivity contribution in [2.45, 2.75) is 44.3 Å². The van der Waals surface area contributed by atoms with E-state index in [1.807, 2.05) is 29.6 Å². The van der Waals surface area contributed by atoms with E-state index in [1.54, 1.807) is 18.3 Å². The average Bonchev–Trinajstić information content (AvgIpc) is 3.48. The molecular weight excluding hydrogens is 457 g/mol. The van der Waals surface area contributed by atoms with Crippen LogP contribution >= 0.6 is 0 Å². The quantitative estimate of drug-likeness (QED) is 0.505. The van der Waals surface area contributed by atoms with E-state index in [1.165, 1.54) is 24.3 Å². The summed E-state index contributed by atoms with van der Waals surface area (Å²) in [5, 5.41) is 3.12. The molecule has 8 heteroatoms. The maximum Gasteiger partial charge on any atom is 0.254 e. The van der Waals surface area contributed by atoms with Crippen LogP contribution in [0.3, 0.4) is 0 Å². The van der Waals surface area contributed by atoms with E-state index in [0.717, 1.165) is 42.0 Å². The van der Waals surface area contributed by atoms with Gasteiger partial charge in [0, 0.05) is 43.5 Å². The van der Waals surface area contributed by atoms with Crippen molar-refractivity contribution in [1.29, 1.82) is 0 Å². The molecule has 1 amide bonds. The molecule has 0 saturated heterocycles. The van der Waals surface area contributed by atoms with Gasteiger partial charge < -0.3 is 24.4 Å². The number of rotatable bonds is 8. The normalized spacial score (nSPS) is 16.9. The number of benzene rings is 2. The van der Waals surface area contributed by atoms with E-state index in [2.05, 4.69) is 41.4 Å². The number of nitrogens with one attached hydrogen (secondary N) is 1. The predicted octanol–water partition coefficient (Wildman–Crippen LogP) is 4.43. The van der Waals surface area contributed by atoms with Crippen molar-refractivity contribution in [2.75, 3.05) is 40.1 Å². The number of aromatic nitrogens is 2. The molecule has 1 atom stereocenters. The van der Waals surface area contributed by atoms with Gasteiger partial charge in [-0.3, -0.25) is 4.79 Å². The first-order valence-electron chi connectivity index (χ1n) is 12.4. The fourth-order valence-electron chi connectivity index (χ4n) is 5.60. The van der Waals surface area contributed by atoms with Crippen LogP contribution in [0.4, 0.5) is 10.3 Å². The van der Waals surface area contributed by atoms with Crippen LogP contribution in [0.1, 0.15) is 58.4 Å². The molecule has 1 fully saturated rings. The van der Waals surface area contributed by atoms with Crippen molar-refractivity contribution < 1.29 is 13.9 Å². The SMILES string of the molecule is CNc1nccn1Cc1cc(CN(C)C)c2c(c1)C(=O)N(C(C)c1ccc(F)c(OC)c1)CC21CC1. The average molecular weight is 492 g/mol. The Morgan fingerprint density at radius 3 is 2.69 bits per heavy atom. The summed E-state index contributed by atoms with van der Waals surface area (Å²) in [4.78, 5) is 22.5. The van der Waals surface area contributed by atoms with E-state index in [4.69, 9.17) is 4.74 Å². The third kappa shape index (κ3) is 4.23. The van der Waals surface area contributed by atoms with Crippen LogP contribution in [0.15, 0.2) is 42.7 Å². The van der Waals surface area contributed by atoms with Gasteiger partial charge in [-0.05, 0) is 74.3 Å². The second-order valence-corrected chi connectivity index (χ2v) is 10.3. The van der Waals surface area contributed by atoms with Crippen LogP contribution in [0, 0.1) is 5.82 Å². The molecule has 190 valence electrons. The van der Waals surface area contributed by atoms with Crippen molar-refractivity contribution in [3.63, 3.8) is 0 Å². The predicted molar refractivity (Wildman–Crippen MR) is 138 cm³/mol. The third-order valence-corrected chi connectivity index (χ3v) is 7.53. The number of nitrogens with zero attached hydrogens (tertiary/aromatic N) is 4. The maximum atomic E-state index is 14.1. The molecule has 1 spiro atoms. The van der Waals surface area contributed by atoms with Gasteiger partial charge >= 0.3 is 0 Å². The Morgan fingerprint density at radius 1 is 1.25 bits per heavy atom. The Bertz CT molecular complexity index is 1300. The standard InChI is InChI=1S/C28H34FN5O2/c1-18(20-6-7-23(29)24(14-20)36-5)34-17-28(8-9-28)25-21(16-32(3)4)12-19(13-22(25)26(34)35)15-33-11-10-31-27(33)30-2/h6-7,10-14,18H,8-9,15-17H2,1-5H3,(H,30,31). The molecule has 36 heavy (non-hydrogen) atoms. The lowest BCUT2D eigenvalue weighted by atomic mass is 9.80. The molecule has 1 aliphatic carbocycles. The van der Waals surface area contributed by atoms with Gasteiger partial charge in [-0.1, -0.05) is 12.1 Å². The Labute approximate surface area is 211 Å². The molecule has 1 unspecified atom stereocenters. The number of anilines is 1.